The highest BCUT2D eigenvalue weighted by Crippen LogP contribution is 2.30. The minimum absolute atomic E-state index is 0.123. The summed E-state index contributed by atoms with van der Waals surface area (Å²) in [4.78, 5) is 17.3. The van der Waals surface area contributed by atoms with E-state index in [4.69, 9.17) is 9.15 Å². The van der Waals surface area contributed by atoms with Gasteiger partial charge >= 0.3 is 5.91 Å². The van der Waals surface area contributed by atoms with Crippen molar-refractivity contribution in [1.82, 2.24) is 4.98 Å². The van der Waals surface area contributed by atoms with Crippen LogP contribution in [-0.2, 0) is 0 Å². The molecule has 28 heavy (non-hydrogen) atoms. The molecule has 0 radical (unpaired) electrons. The highest BCUT2D eigenvalue weighted by atomic mass is 32.1. The fraction of sp³-hybridized carbons (Fsp3) is 0.0500. The van der Waals surface area contributed by atoms with E-state index in [0.29, 0.717) is 21.1 Å². The van der Waals surface area contributed by atoms with E-state index < -0.39 is 5.91 Å². The van der Waals surface area contributed by atoms with Gasteiger partial charge in [-0.3, -0.25) is 4.79 Å². The van der Waals surface area contributed by atoms with Gasteiger partial charge in [0.25, 0.3) is 0 Å². The van der Waals surface area contributed by atoms with Crippen LogP contribution in [0, 0.1) is 5.82 Å². The lowest BCUT2D eigenvalue weighted by Gasteiger charge is -2.12. The zero-order valence-corrected chi connectivity index (χ0v) is 15.5. The number of fused-ring (bicyclic) bond motifs is 1. The molecule has 2 aromatic heterocycles. The van der Waals surface area contributed by atoms with Gasteiger partial charge < -0.3 is 9.15 Å². The maximum absolute atomic E-state index is 13.5. The van der Waals surface area contributed by atoms with Crippen molar-refractivity contribution >= 4 is 38.8 Å². The molecule has 0 saturated carbocycles. The topological polar surface area (TPSA) is 67.9 Å². The zero-order valence-electron chi connectivity index (χ0n) is 14.7. The standard InChI is InChI=1S/C20H14FN3O3S/c1-26-15-7-4-13(5-8-15)12-22-24(19(25)17-3-2-10-27-17)20-23-16-9-6-14(21)11-18(16)28-20/h2-12H,1H3/b22-12-. The lowest BCUT2D eigenvalue weighted by Crippen LogP contribution is -2.25. The van der Waals surface area contributed by atoms with Crippen LogP contribution in [0.4, 0.5) is 9.52 Å². The van der Waals surface area contributed by atoms with E-state index in [-0.39, 0.29) is 11.6 Å². The van der Waals surface area contributed by atoms with E-state index in [1.807, 2.05) is 12.1 Å². The number of methoxy groups -OCH3 is 1. The summed E-state index contributed by atoms with van der Waals surface area (Å²) in [6, 6.07) is 14.6. The number of halogens is 1. The van der Waals surface area contributed by atoms with Gasteiger partial charge in [-0.2, -0.15) is 10.1 Å². The molecule has 0 bridgehead atoms. The number of hydrogen-bond acceptors (Lipinski definition) is 6. The Labute approximate surface area is 163 Å². The van der Waals surface area contributed by atoms with Crippen molar-refractivity contribution in [2.24, 2.45) is 5.10 Å². The van der Waals surface area contributed by atoms with Gasteiger partial charge in [-0.25, -0.2) is 9.37 Å². The first-order chi connectivity index (χ1) is 13.6. The number of benzene rings is 2. The number of nitrogens with zero attached hydrogens (tertiary/aromatic N) is 3. The van der Waals surface area contributed by atoms with Gasteiger partial charge in [-0.15, -0.1) is 0 Å². The van der Waals surface area contributed by atoms with Crippen LogP contribution in [0.25, 0.3) is 10.2 Å². The molecule has 0 atom stereocenters. The third-order valence-corrected chi connectivity index (χ3v) is 4.88. The van der Waals surface area contributed by atoms with E-state index in [1.165, 1.54) is 24.6 Å². The first-order valence-electron chi connectivity index (χ1n) is 8.26. The molecule has 0 saturated heterocycles. The first kappa shape index (κ1) is 17.9. The van der Waals surface area contributed by atoms with Crippen LogP contribution in [0.2, 0.25) is 0 Å². The van der Waals surface area contributed by atoms with Crippen molar-refractivity contribution in [3.63, 3.8) is 0 Å². The SMILES string of the molecule is COc1ccc(/C=N\N(C(=O)c2ccco2)c2nc3ccc(F)cc3s2)cc1. The molecule has 0 N–H and O–H groups in total. The number of carbonyl (C=O) groups is 1. The number of amides is 1. The van der Waals surface area contributed by atoms with Crippen LogP contribution in [0.5, 0.6) is 5.75 Å². The van der Waals surface area contributed by atoms with Crippen molar-refractivity contribution < 1.29 is 18.3 Å². The quantitative estimate of drug-likeness (QED) is 0.362. The summed E-state index contributed by atoms with van der Waals surface area (Å²) in [6.07, 6.45) is 2.94. The molecule has 2 aromatic carbocycles. The molecule has 2 heterocycles. The van der Waals surface area contributed by atoms with Gasteiger partial charge in [0.15, 0.2) is 5.76 Å². The third kappa shape index (κ3) is 3.63. The Balaban J connectivity index is 1.72. The predicted molar refractivity (Wildman–Crippen MR) is 106 cm³/mol. The summed E-state index contributed by atoms with van der Waals surface area (Å²) in [6.45, 7) is 0. The second kappa shape index (κ2) is 7.61. The maximum Gasteiger partial charge on any atom is 0.316 e. The van der Waals surface area contributed by atoms with Gasteiger partial charge in [0.2, 0.25) is 5.13 Å². The summed E-state index contributed by atoms with van der Waals surface area (Å²) in [5.41, 5.74) is 1.35. The fourth-order valence-electron chi connectivity index (χ4n) is 2.48. The molecule has 140 valence electrons. The molecule has 4 rings (SSSR count). The Kier molecular flexibility index (Phi) is 4.86. The largest absolute Gasteiger partial charge is 0.497 e. The minimum Gasteiger partial charge on any atom is -0.497 e. The predicted octanol–water partition coefficient (Wildman–Crippen LogP) is 4.72. The van der Waals surface area contributed by atoms with Gasteiger partial charge in [0.05, 0.1) is 29.8 Å². The van der Waals surface area contributed by atoms with Crippen LogP contribution in [0.15, 0.2) is 70.4 Å². The van der Waals surface area contributed by atoms with Crippen molar-refractivity contribution in [3.8, 4) is 5.75 Å². The van der Waals surface area contributed by atoms with E-state index >= 15 is 0 Å². The zero-order chi connectivity index (χ0) is 19.5. The Morgan fingerprint density at radius 2 is 2.07 bits per heavy atom. The van der Waals surface area contributed by atoms with Crippen molar-refractivity contribution in [1.29, 1.82) is 0 Å². The van der Waals surface area contributed by atoms with Gasteiger partial charge in [-0.05, 0) is 60.2 Å². The molecule has 1 amide bonds. The van der Waals surface area contributed by atoms with E-state index in [9.17, 15) is 9.18 Å². The molecule has 8 heteroatoms. The number of carbonyl (C=O) groups excluding carboxylic acids is 1. The van der Waals surface area contributed by atoms with Gasteiger partial charge in [0.1, 0.15) is 11.6 Å². The monoisotopic (exact) mass is 395 g/mol. The number of thiazole rings is 1. The summed E-state index contributed by atoms with van der Waals surface area (Å²) < 4.78 is 24.5. The third-order valence-electron chi connectivity index (χ3n) is 3.88. The number of furan rings is 1. The smallest absolute Gasteiger partial charge is 0.316 e. The van der Waals surface area contributed by atoms with Gasteiger partial charge in [-0.1, -0.05) is 11.3 Å². The molecule has 0 unspecified atom stereocenters. The normalized spacial score (nSPS) is 11.2. The molecule has 0 spiro atoms. The molecule has 6 nitrogen and oxygen atoms in total. The van der Waals surface area contributed by atoms with E-state index in [0.717, 1.165) is 21.9 Å². The van der Waals surface area contributed by atoms with Crippen LogP contribution in [-0.4, -0.2) is 24.2 Å². The molecular formula is C20H14FN3O3S. The lowest BCUT2D eigenvalue weighted by molar-refractivity contribution is 0.0961. The Bertz CT molecular complexity index is 1140. The van der Waals surface area contributed by atoms with Crippen LogP contribution in [0.3, 0.4) is 0 Å². The molecule has 0 fully saturated rings. The van der Waals surface area contributed by atoms with E-state index in [1.54, 1.807) is 37.4 Å². The number of hydrogen-bond donors (Lipinski definition) is 0. The summed E-state index contributed by atoms with van der Waals surface area (Å²) in [5.74, 6) is -0.00572. The fourth-order valence-corrected chi connectivity index (χ4v) is 3.43. The van der Waals surface area contributed by atoms with Crippen LogP contribution < -0.4 is 9.75 Å². The second-order valence-corrected chi connectivity index (χ2v) is 6.73. The lowest BCUT2D eigenvalue weighted by atomic mass is 10.2. The van der Waals surface area contributed by atoms with Crippen molar-refractivity contribution in [3.05, 3.63) is 78.0 Å². The van der Waals surface area contributed by atoms with Crippen molar-refractivity contribution in [2.75, 3.05) is 12.1 Å². The molecule has 0 aliphatic carbocycles. The van der Waals surface area contributed by atoms with E-state index in [2.05, 4.69) is 10.1 Å². The summed E-state index contributed by atoms with van der Waals surface area (Å²) in [7, 11) is 1.59. The number of rotatable bonds is 5. The molecular weight excluding hydrogens is 381 g/mol. The molecule has 0 aliphatic heterocycles. The van der Waals surface area contributed by atoms with Crippen LogP contribution in [0.1, 0.15) is 16.1 Å². The Hall–Kier alpha value is -3.52. The number of anilines is 1. The Morgan fingerprint density at radius 3 is 2.79 bits per heavy atom. The Morgan fingerprint density at radius 1 is 1.25 bits per heavy atom. The van der Waals surface area contributed by atoms with Crippen molar-refractivity contribution in [2.45, 2.75) is 0 Å². The first-order valence-corrected chi connectivity index (χ1v) is 9.08. The minimum atomic E-state index is -0.478. The summed E-state index contributed by atoms with van der Waals surface area (Å²) in [5, 5.41) is 5.76. The summed E-state index contributed by atoms with van der Waals surface area (Å²) >= 11 is 1.16. The molecule has 0 aliphatic rings. The highest BCUT2D eigenvalue weighted by Gasteiger charge is 2.23. The van der Waals surface area contributed by atoms with Crippen LogP contribution >= 0.6 is 11.3 Å². The average molecular weight is 395 g/mol. The maximum atomic E-state index is 13.5. The number of ether oxygens (including phenoxy) is 1. The number of hydrazone groups is 1. The highest BCUT2D eigenvalue weighted by molar-refractivity contribution is 7.22. The molecule has 4 aromatic rings. The average Bonchev–Trinajstić information content (AvgIpc) is 3.38. The number of aromatic nitrogens is 1. The second-order valence-electron chi connectivity index (χ2n) is 5.72. The van der Waals surface area contributed by atoms with Gasteiger partial charge in [0, 0.05) is 0 Å².